The summed E-state index contributed by atoms with van der Waals surface area (Å²) in [6.07, 6.45) is 0. The van der Waals surface area contributed by atoms with Crippen LogP contribution in [0.25, 0.3) is 0 Å². The zero-order valence-corrected chi connectivity index (χ0v) is 10.1. The van der Waals surface area contributed by atoms with Crippen molar-refractivity contribution in [3.63, 3.8) is 0 Å². The molecule has 0 saturated carbocycles. The summed E-state index contributed by atoms with van der Waals surface area (Å²) < 4.78 is 0.992. The van der Waals surface area contributed by atoms with Gasteiger partial charge < -0.3 is 0 Å². The zero-order valence-electron chi connectivity index (χ0n) is 7.95. The number of nitrogens with one attached hydrogen (secondary N) is 1. The summed E-state index contributed by atoms with van der Waals surface area (Å²) in [7, 11) is 0. The van der Waals surface area contributed by atoms with Crippen LogP contribution in [0.4, 0.5) is 5.69 Å². The van der Waals surface area contributed by atoms with E-state index in [0.29, 0.717) is 0 Å². The second kappa shape index (κ2) is 5.32. The lowest BCUT2D eigenvalue weighted by Gasteiger charge is -2.03. The number of hydrazone groups is 1. The van der Waals surface area contributed by atoms with Crippen LogP contribution in [0.1, 0.15) is 5.56 Å². The Bertz CT molecular complexity index is 463. The van der Waals surface area contributed by atoms with E-state index in [4.69, 9.17) is 10.5 Å². The van der Waals surface area contributed by atoms with Crippen molar-refractivity contribution < 1.29 is 0 Å². The van der Waals surface area contributed by atoms with Gasteiger partial charge in [-0.3, -0.25) is 5.43 Å². The van der Waals surface area contributed by atoms with Gasteiger partial charge in [-0.2, -0.15) is 15.6 Å². The normalized spacial score (nSPS) is 8.53. The van der Waals surface area contributed by atoms with E-state index in [2.05, 4.69) is 33.1 Å². The second-order valence-electron chi connectivity index (χ2n) is 2.78. The molecule has 1 aromatic rings. The molecule has 15 heavy (non-hydrogen) atoms. The predicted molar refractivity (Wildman–Crippen MR) is 66.2 cm³/mol. The van der Waals surface area contributed by atoms with E-state index in [9.17, 15) is 0 Å². The van der Waals surface area contributed by atoms with Crippen molar-refractivity contribution in [3.05, 3.63) is 27.3 Å². The van der Waals surface area contributed by atoms with E-state index < -0.39 is 0 Å². The zero-order chi connectivity index (χ0) is 11.3. The third kappa shape index (κ3) is 3.22. The van der Waals surface area contributed by atoms with Crippen molar-refractivity contribution in [1.29, 1.82) is 10.5 Å². The highest BCUT2D eigenvalue weighted by molar-refractivity contribution is 14.1. The summed E-state index contributed by atoms with van der Waals surface area (Å²) in [6, 6.07) is 9.12. The topological polar surface area (TPSA) is 72.0 Å². The van der Waals surface area contributed by atoms with E-state index in [-0.39, 0.29) is 5.71 Å². The number of nitriles is 2. The van der Waals surface area contributed by atoms with Gasteiger partial charge in [-0.15, -0.1) is 0 Å². The van der Waals surface area contributed by atoms with Crippen LogP contribution in [-0.2, 0) is 0 Å². The lowest BCUT2D eigenvalue weighted by molar-refractivity contribution is 1.31. The van der Waals surface area contributed by atoms with Crippen LogP contribution in [-0.4, -0.2) is 5.71 Å². The largest absolute Gasteiger partial charge is 0.275 e. The highest BCUT2D eigenvalue weighted by Crippen LogP contribution is 2.19. The third-order valence-corrected chi connectivity index (χ3v) is 2.52. The Balaban J connectivity index is 2.89. The molecule has 0 radical (unpaired) electrons. The van der Waals surface area contributed by atoms with Gasteiger partial charge in [-0.05, 0) is 47.2 Å². The van der Waals surface area contributed by atoms with Crippen LogP contribution in [0.3, 0.4) is 0 Å². The first-order valence-electron chi connectivity index (χ1n) is 4.07. The van der Waals surface area contributed by atoms with Crippen molar-refractivity contribution in [1.82, 2.24) is 0 Å². The minimum atomic E-state index is -0.189. The molecule has 0 atom stereocenters. The molecule has 0 fully saturated rings. The van der Waals surface area contributed by atoms with Gasteiger partial charge in [0, 0.05) is 3.57 Å². The van der Waals surface area contributed by atoms with E-state index in [1.165, 1.54) is 0 Å². The maximum atomic E-state index is 8.47. The number of halogens is 1. The van der Waals surface area contributed by atoms with Gasteiger partial charge in [0.1, 0.15) is 12.1 Å². The summed E-state index contributed by atoms with van der Waals surface area (Å²) in [5, 5.41) is 20.6. The van der Waals surface area contributed by atoms with Crippen molar-refractivity contribution in [3.8, 4) is 12.1 Å². The SMILES string of the molecule is Cc1ccc(NN=C(C#N)C#N)c(I)c1. The number of anilines is 1. The molecule has 1 N–H and O–H groups in total. The highest BCUT2D eigenvalue weighted by Gasteiger charge is 1.99. The van der Waals surface area contributed by atoms with Crippen molar-refractivity contribution in [2.75, 3.05) is 5.43 Å². The van der Waals surface area contributed by atoms with Gasteiger partial charge in [0.15, 0.2) is 0 Å². The molecule has 0 amide bonds. The number of hydrogen-bond donors (Lipinski definition) is 1. The molecule has 0 saturated heterocycles. The Labute approximate surface area is 101 Å². The molecule has 0 spiro atoms. The minimum Gasteiger partial charge on any atom is -0.275 e. The van der Waals surface area contributed by atoms with Crippen LogP contribution in [0.15, 0.2) is 23.3 Å². The molecule has 1 aromatic carbocycles. The molecule has 0 aromatic heterocycles. The molecule has 0 unspecified atom stereocenters. The molecule has 0 bridgehead atoms. The number of aryl methyl sites for hydroxylation is 1. The van der Waals surface area contributed by atoms with Crippen LogP contribution in [0.5, 0.6) is 0 Å². The smallest absolute Gasteiger partial charge is 0.237 e. The molecule has 5 heteroatoms. The number of rotatable bonds is 2. The summed E-state index contributed by atoms with van der Waals surface area (Å²) in [4.78, 5) is 0. The van der Waals surface area contributed by atoms with E-state index in [1.54, 1.807) is 12.1 Å². The van der Waals surface area contributed by atoms with Crippen molar-refractivity contribution in [2.24, 2.45) is 5.10 Å². The summed E-state index contributed by atoms with van der Waals surface area (Å²) in [5.41, 5.74) is 4.42. The van der Waals surface area contributed by atoms with Crippen LogP contribution < -0.4 is 5.43 Å². The van der Waals surface area contributed by atoms with Crippen molar-refractivity contribution >= 4 is 34.0 Å². The van der Waals surface area contributed by atoms with Gasteiger partial charge in [-0.1, -0.05) is 6.07 Å². The maximum absolute atomic E-state index is 8.47. The Kier molecular flexibility index (Phi) is 4.07. The lowest BCUT2D eigenvalue weighted by Crippen LogP contribution is -1.97. The Morgan fingerprint density at radius 3 is 2.60 bits per heavy atom. The fourth-order valence-corrected chi connectivity index (χ4v) is 1.69. The lowest BCUT2D eigenvalue weighted by atomic mass is 10.2. The van der Waals surface area contributed by atoms with E-state index in [1.807, 2.05) is 25.1 Å². The minimum absolute atomic E-state index is 0.189. The highest BCUT2D eigenvalue weighted by atomic mass is 127. The number of benzene rings is 1. The Morgan fingerprint density at radius 2 is 2.07 bits per heavy atom. The predicted octanol–water partition coefficient (Wildman–Crippen LogP) is 2.41. The molecule has 1 rings (SSSR count). The third-order valence-electron chi connectivity index (χ3n) is 1.62. The Hall–Kier alpha value is -1.60. The van der Waals surface area contributed by atoms with Crippen LogP contribution in [0.2, 0.25) is 0 Å². The first-order valence-corrected chi connectivity index (χ1v) is 5.15. The summed E-state index contributed by atoms with van der Waals surface area (Å²) in [5.74, 6) is 0. The average molecular weight is 310 g/mol. The molecule has 4 nitrogen and oxygen atoms in total. The first-order chi connectivity index (χ1) is 7.17. The summed E-state index contributed by atoms with van der Waals surface area (Å²) in [6.45, 7) is 1.99. The quantitative estimate of drug-likeness (QED) is 0.518. The van der Waals surface area contributed by atoms with Crippen molar-refractivity contribution in [2.45, 2.75) is 6.92 Å². The molecular formula is C10H7IN4. The van der Waals surface area contributed by atoms with Gasteiger partial charge >= 0.3 is 0 Å². The van der Waals surface area contributed by atoms with Gasteiger partial charge in [0.25, 0.3) is 0 Å². The molecule has 0 aliphatic carbocycles. The van der Waals surface area contributed by atoms with Crippen LogP contribution in [0, 0.1) is 33.2 Å². The molecule has 0 aliphatic rings. The van der Waals surface area contributed by atoms with Gasteiger partial charge in [0.05, 0.1) is 5.69 Å². The summed E-state index contributed by atoms with van der Waals surface area (Å²) >= 11 is 2.16. The van der Waals surface area contributed by atoms with Gasteiger partial charge in [-0.25, -0.2) is 0 Å². The molecule has 0 heterocycles. The maximum Gasteiger partial charge on any atom is 0.237 e. The van der Waals surface area contributed by atoms with E-state index in [0.717, 1.165) is 14.8 Å². The fraction of sp³-hybridized carbons (Fsp3) is 0.100. The number of nitrogens with zero attached hydrogens (tertiary/aromatic N) is 3. The Morgan fingerprint density at radius 1 is 1.40 bits per heavy atom. The van der Waals surface area contributed by atoms with Crippen LogP contribution >= 0.6 is 22.6 Å². The first kappa shape index (κ1) is 11.5. The standard InChI is InChI=1S/C10H7IN4/c1-7-2-3-10(9(11)4-7)15-14-8(5-12)6-13/h2-4,15H,1H3. The fourth-order valence-electron chi connectivity index (χ4n) is 0.902. The average Bonchev–Trinajstić information content (AvgIpc) is 2.22. The molecule has 0 aliphatic heterocycles. The number of hydrogen-bond acceptors (Lipinski definition) is 4. The second-order valence-corrected chi connectivity index (χ2v) is 3.94. The monoisotopic (exact) mass is 310 g/mol. The molecular weight excluding hydrogens is 303 g/mol. The van der Waals surface area contributed by atoms with Gasteiger partial charge in [0.2, 0.25) is 5.71 Å². The van der Waals surface area contributed by atoms with E-state index >= 15 is 0 Å². The molecule has 74 valence electrons.